The molecular weight excluding hydrogens is 534 g/mol. The standard InChI is InChI=1S/C33H45N3O6/c1-5-6-16-36-27(33(39)35(22-31(36)38)21-30(37)34-20-24-10-8-7-9-11-24)17-23-12-14-25(15-13-23)26-18-28(40-2)32(42-4)29(19-26)41-3/h12-15,18-19,24,27H,5-11,16-17,20-22H2,1-4H3,(H,34,37)/t27-/m1/s1. The maximum Gasteiger partial charge on any atom is 0.246 e. The van der Waals surface area contributed by atoms with E-state index in [1.54, 1.807) is 26.2 Å². The van der Waals surface area contributed by atoms with Gasteiger partial charge >= 0.3 is 0 Å². The number of hydrogen-bond acceptors (Lipinski definition) is 6. The fraction of sp³-hybridized carbons (Fsp3) is 0.545. The summed E-state index contributed by atoms with van der Waals surface area (Å²) in [5, 5.41) is 3.01. The molecule has 2 aliphatic rings. The first-order valence-electron chi connectivity index (χ1n) is 15.1. The molecule has 0 spiro atoms. The molecule has 0 aromatic heterocycles. The minimum absolute atomic E-state index is 0.0596. The molecule has 0 radical (unpaired) electrons. The van der Waals surface area contributed by atoms with E-state index in [0.717, 1.165) is 42.4 Å². The number of benzene rings is 2. The first-order valence-corrected chi connectivity index (χ1v) is 15.1. The van der Waals surface area contributed by atoms with E-state index in [2.05, 4.69) is 12.2 Å². The highest BCUT2D eigenvalue weighted by Gasteiger charge is 2.39. The average molecular weight is 580 g/mol. The number of carbonyl (C=O) groups excluding carboxylic acids is 3. The predicted molar refractivity (Wildman–Crippen MR) is 162 cm³/mol. The highest BCUT2D eigenvalue weighted by molar-refractivity contribution is 5.97. The summed E-state index contributed by atoms with van der Waals surface area (Å²) in [7, 11) is 4.74. The van der Waals surface area contributed by atoms with Crippen molar-refractivity contribution in [2.45, 2.75) is 64.3 Å². The van der Waals surface area contributed by atoms with E-state index in [0.29, 0.717) is 42.7 Å². The normalized spacial score (nSPS) is 17.8. The molecule has 9 heteroatoms. The van der Waals surface area contributed by atoms with Crippen molar-refractivity contribution in [2.24, 2.45) is 5.92 Å². The lowest BCUT2D eigenvalue weighted by Gasteiger charge is -2.40. The Morgan fingerprint density at radius 1 is 0.929 bits per heavy atom. The zero-order chi connectivity index (χ0) is 30.1. The Hall–Kier alpha value is -3.75. The van der Waals surface area contributed by atoms with Crippen LogP contribution < -0.4 is 19.5 Å². The zero-order valence-electron chi connectivity index (χ0n) is 25.4. The molecular formula is C33H45N3O6. The van der Waals surface area contributed by atoms with Gasteiger partial charge in [-0.05, 0) is 54.0 Å². The molecule has 1 heterocycles. The number of amides is 3. The Kier molecular flexibility index (Phi) is 11.1. The second kappa shape index (κ2) is 14.9. The molecule has 2 fully saturated rings. The van der Waals surface area contributed by atoms with Crippen LogP contribution in [0, 0.1) is 5.92 Å². The molecule has 0 bridgehead atoms. The Morgan fingerprint density at radius 3 is 2.19 bits per heavy atom. The van der Waals surface area contributed by atoms with Gasteiger partial charge in [0.15, 0.2) is 11.5 Å². The van der Waals surface area contributed by atoms with E-state index in [4.69, 9.17) is 14.2 Å². The van der Waals surface area contributed by atoms with E-state index in [1.807, 2.05) is 36.4 Å². The number of nitrogens with one attached hydrogen (secondary N) is 1. The summed E-state index contributed by atoms with van der Waals surface area (Å²) in [6, 6.07) is 11.1. The van der Waals surface area contributed by atoms with Gasteiger partial charge in [0.2, 0.25) is 23.5 Å². The first kappa shape index (κ1) is 31.2. The van der Waals surface area contributed by atoms with Crippen LogP contribution in [0.4, 0.5) is 0 Å². The summed E-state index contributed by atoms with van der Waals surface area (Å²) < 4.78 is 16.4. The fourth-order valence-corrected chi connectivity index (χ4v) is 5.97. The Morgan fingerprint density at radius 2 is 1.60 bits per heavy atom. The number of nitrogens with zero attached hydrogens (tertiary/aromatic N) is 2. The molecule has 4 rings (SSSR count). The number of hydrogen-bond donors (Lipinski definition) is 1. The van der Waals surface area contributed by atoms with Crippen LogP contribution in [0.5, 0.6) is 17.2 Å². The van der Waals surface area contributed by atoms with Crippen LogP contribution in [0.1, 0.15) is 57.4 Å². The van der Waals surface area contributed by atoms with Gasteiger partial charge in [-0.15, -0.1) is 0 Å². The maximum absolute atomic E-state index is 13.7. The summed E-state index contributed by atoms with van der Waals surface area (Å²) >= 11 is 0. The minimum Gasteiger partial charge on any atom is -0.493 e. The lowest BCUT2D eigenvalue weighted by Crippen LogP contribution is -2.62. The molecule has 228 valence electrons. The van der Waals surface area contributed by atoms with Gasteiger partial charge < -0.3 is 29.3 Å². The minimum atomic E-state index is -0.643. The van der Waals surface area contributed by atoms with Crippen molar-refractivity contribution >= 4 is 17.7 Å². The molecule has 0 unspecified atom stereocenters. The van der Waals surface area contributed by atoms with Crippen molar-refractivity contribution < 1.29 is 28.6 Å². The van der Waals surface area contributed by atoms with Gasteiger partial charge in [0.05, 0.1) is 21.3 Å². The molecule has 3 amide bonds. The molecule has 2 aromatic carbocycles. The zero-order valence-corrected chi connectivity index (χ0v) is 25.4. The fourth-order valence-electron chi connectivity index (χ4n) is 5.97. The predicted octanol–water partition coefficient (Wildman–Crippen LogP) is 4.46. The SMILES string of the molecule is CCCCN1C(=O)CN(CC(=O)NCC2CCCCC2)C(=O)[C@H]1Cc1ccc(-c2cc(OC)c(OC)c(OC)c2)cc1. The van der Waals surface area contributed by atoms with E-state index in [-0.39, 0.29) is 30.8 Å². The number of ether oxygens (including phenoxy) is 3. The van der Waals surface area contributed by atoms with E-state index in [1.165, 1.54) is 24.2 Å². The number of rotatable bonds is 13. The third-order valence-corrected chi connectivity index (χ3v) is 8.40. The molecule has 1 saturated carbocycles. The van der Waals surface area contributed by atoms with Crippen LogP contribution in [-0.2, 0) is 20.8 Å². The van der Waals surface area contributed by atoms with E-state index in [9.17, 15) is 14.4 Å². The summed E-state index contributed by atoms with van der Waals surface area (Å²) in [6.45, 7) is 3.08. The van der Waals surface area contributed by atoms with Crippen LogP contribution in [0.15, 0.2) is 36.4 Å². The molecule has 1 atom stereocenters. The van der Waals surface area contributed by atoms with Crippen LogP contribution in [0.3, 0.4) is 0 Å². The first-order chi connectivity index (χ1) is 20.4. The van der Waals surface area contributed by atoms with Crippen molar-refractivity contribution in [3.05, 3.63) is 42.0 Å². The van der Waals surface area contributed by atoms with Crippen molar-refractivity contribution in [2.75, 3.05) is 47.5 Å². The summed E-state index contributed by atoms with van der Waals surface area (Å²) in [4.78, 5) is 42.8. The second-order valence-corrected chi connectivity index (χ2v) is 11.3. The highest BCUT2D eigenvalue weighted by Crippen LogP contribution is 2.41. The second-order valence-electron chi connectivity index (χ2n) is 11.3. The van der Waals surface area contributed by atoms with E-state index >= 15 is 0 Å². The van der Waals surface area contributed by atoms with Gasteiger partial charge in [-0.1, -0.05) is 56.9 Å². The molecule has 1 aliphatic heterocycles. The monoisotopic (exact) mass is 579 g/mol. The van der Waals surface area contributed by atoms with Crippen molar-refractivity contribution in [3.8, 4) is 28.4 Å². The Labute approximate surface area is 249 Å². The van der Waals surface area contributed by atoms with Crippen molar-refractivity contribution in [1.29, 1.82) is 0 Å². The number of carbonyl (C=O) groups is 3. The number of methoxy groups -OCH3 is 3. The molecule has 1 saturated heterocycles. The lowest BCUT2D eigenvalue weighted by atomic mass is 9.89. The van der Waals surface area contributed by atoms with E-state index < -0.39 is 6.04 Å². The van der Waals surface area contributed by atoms with Gasteiger partial charge in [-0.25, -0.2) is 0 Å². The van der Waals surface area contributed by atoms with Crippen LogP contribution in [-0.4, -0.2) is 81.1 Å². The van der Waals surface area contributed by atoms with Gasteiger partial charge in [0.1, 0.15) is 19.1 Å². The molecule has 2 aromatic rings. The van der Waals surface area contributed by atoms with Crippen molar-refractivity contribution in [3.63, 3.8) is 0 Å². The Balaban J connectivity index is 1.48. The van der Waals surface area contributed by atoms with Gasteiger partial charge in [-0.3, -0.25) is 14.4 Å². The number of unbranched alkanes of at least 4 members (excludes halogenated alkanes) is 1. The molecule has 42 heavy (non-hydrogen) atoms. The average Bonchev–Trinajstić information content (AvgIpc) is 3.02. The Bertz CT molecular complexity index is 1200. The quantitative estimate of drug-likeness (QED) is 0.377. The third-order valence-electron chi connectivity index (χ3n) is 8.40. The highest BCUT2D eigenvalue weighted by atomic mass is 16.5. The smallest absolute Gasteiger partial charge is 0.246 e. The van der Waals surface area contributed by atoms with Gasteiger partial charge in [0.25, 0.3) is 0 Å². The summed E-state index contributed by atoms with van der Waals surface area (Å²) in [5.41, 5.74) is 2.78. The molecule has 1 aliphatic carbocycles. The van der Waals surface area contributed by atoms with Gasteiger partial charge in [-0.2, -0.15) is 0 Å². The summed E-state index contributed by atoms with van der Waals surface area (Å²) in [6.07, 6.45) is 8.06. The lowest BCUT2D eigenvalue weighted by molar-refractivity contribution is -0.157. The van der Waals surface area contributed by atoms with Gasteiger partial charge in [0, 0.05) is 19.5 Å². The van der Waals surface area contributed by atoms with Crippen molar-refractivity contribution in [1.82, 2.24) is 15.1 Å². The number of piperazine rings is 1. The third kappa shape index (κ3) is 7.55. The van der Waals surface area contributed by atoms with Crippen LogP contribution in [0.2, 0.25) is 0 Å². The largest absolute Gasteiger partial charge is 0.493 e. The molecule has 1 N–H and O–H groups in total. The topological polar surface area (TPSA) is 97.4 Å². The molecule has 9 nitrogen and oxygen atoms in total. The van der Waals surface area contributed by atoms with Crippen LogP contribution >= 0.6 is 0 Å². The van der Waals surface area contributed by atoms with Crippen LogP contribution in [0.25, 0.3) is 11.1 Å². The summed E-state index contributed by atoms with van der Waals surface area (Å²) in [5.74, 6) is 1.68. The maximum atomic E-state index is 13.7.